The molecule has 1 amide bonds. The number of amides is 1. The van der Waals surface area contributed by atoms with Crippen LogP contribution in [0.3, 0.4) is 0 Å². The first-order valence-corrected chi connectivity index (χ1v) is 27.5. The van der Waals surface area contributed by atoms with Crippen molar-refractivity contribution in [3.05, 3.63) is 24.5 Å². The van der Waals surface area contributed by atoms with Crippen molar-refractivity contribution >= 4 is 35.8 Å². The molecule has 14 nitrogen and oxygen atoms in total. The number of carbonyl (C=O) groups excluding carboxylic acids is 6. The summed E-state index contributed by atoms with van der Waals surface area (Å²) in [5.74, 6) is -2.02. The largest absolute Gasteiger partial charge is 0.494 e. The van der Waals surface area contributed by atoms with Crippen LogP contribution in [0, 0.1) is 0 Å². The molecule has 70 heavy (non-hydrogen) atoms. The first-order chi connectivity index (χ1) is 33.8. The maximum Gasteiger partial charge on any atom is 0.310 e. The van der Waals surface area contributed by atoms with Gasteiger partial charge in [0.05, 0.1) is 45.9 Å². The molecule has 0 spiro atoms. The number of carbonyl (C=O) groups is 6. The zero-order valence-electron chi connectivity index (χ0n) is 45.0. The normalized spacial score (nSPS) is 11.9. The van der Waals surface area contributed by atoms with Crippen LogP contribution in [0.1, 0.15) is 233 Å². The van der Waals surface area contributed by atoms with Gasteiger partial charge in [-0.25, -0.2) is 0 Å². The summed E-state index contributed by atoms with van der Waals surface area (Å²) in [5, 5.41) is 2.82. The Bertz CT molecular complexity index is 1360. The monoisotopic (exact) mass is 993 g/mol. The van der Waals surface area contributed by atoms with Crippen LogP contribution in [-0.2, 0) is 57.2 Å². The summed E-state index contributed by atoms with van der Waals surface area (Å²) >= 11 is 0. The second-order valence-corrected chi connectivity index (χ2v) is 19.2. The Morgan fingerprint density at radius 3 is 1.21 bits per heavy atom. The molecule has 0 saturated heterocycles. The minimum Gasteiger partial charge on any atom is -0.494 e. The minimum atomic E-state index is -1.66. The topological polar surface area (TPSA) is 173 Å². The van der Waals surface area contributed by atoms with E-state index in [1.165, 1.54) is 19.3 Å². The fourth-order valence-electron chi connectivity index (χ4n) is 7.66. The van der Waals surface area contributed by atoms with Gasteiger partial charge >= 0.3 is 29.8 Å². The maximum atomic E-state index is 13.7. The third kappa shape index (κ3) is 40.8. The van der Waals surface area contributed by atoms with E-state index in [0.717, 1.165) is 108 Å². The number of rotatable bonds is 50. The molecule has 0 rings (SSSR count). The van der Waals surface area contributed by atoms with E-state index in [-0.39, 0.29) is 68.5 Å². The highest BCUT2D eigenvalue weighted by Crippen LogP contribution is 2.35. The molecule has 1 unspecified atom stereocenters. The number of hydrogen-bond acceptors (Lipinski definition) is 13. The molecule has 0 radical (unpaired) electrons. The third-order valence-corrected chi connectivity index (χ3v) is 12.0. The van der Waals surface area contributed by atoms with Crippen LogP contribution in [0.2, 0.25) is 0 Å². The quantitative estimate of drug-likeness (QED) is 0.0201. The van der Waals surface area contributed by atoms with E-state index < -0.39 is 17.5 Å². The molecule has 0 aliphatic rings. The second-order valence-electron chi connectivity index (χ2n) is 19.2. The first-order valence-electron chi connectivity index (χ1n) is 27.5. The van der Waals surface area contributed by atoms with Crippen molar-refractivity contribution in [1.29, 1.82) is 0 Å². The van der Waals surface area contributed by atoms with Gasteiger partial charge in [0.2, 0.25) is 5.91 Å². The van der Waals surface area contributed by atoms with Crippen LogP contribution in [0.15, 0.2) is 24.5 Å². The molecular weight excluding hydrogens is 893 g/mol. The molecule has 1 N–H and O–H groups in total. The Labute approximate surface area is 424 Å². The maximum absolute atomic E-state index is 13.7. The van der Waals surface area contributed by atoms with Crippen molar-refractivity contribution in [3.63, 3.8) is 0 Å². The van der Waals surface area contributed by atoms with Gasteiger partial charge in [0.15, 0.2) is 5.60 Å². The van der Waals surface area contributed by atoms with Crippen LogP contribution in [0.4, 0.5) is 0 Å². The van der Waals surface area contributed by atoms with Gasteiger partial charge in [0.25, 0.3) is 0 Å². The molecule has 0 aromatic rings. The highest BCUT2D eigenvalue weighted by atomic mass is 16.6. The smallest absolute Gasteiger partial charge is 0.310 e. The Balaban J connectivity index is 5.70. The molecule has 406 valence electrons. The molecule has 0 bridgehead atoms. The molecular formula is C56H100N2O12. The number of unbranched alkanes of at least 4 members (excludes halogenated alkanes) is 19. The molecule has 0 aromatic heterocycles. The lowest BCUT2D eigenvalue weighted by Gasteiger charge is -2.35. The Kier molecular flexibility index (Phi) is 43.6. The molecule has 0 aliphatic heterocycles. The number of nitrogens with one attached hydrogen (secondary N) is 1. The van der Waals surface area contributed by atoms with Crippen molar-refractivity contribution in [2.24, 2.45) is 0 Å². The average Bonchev–Trinajstić information content (AvgIpc) is 3.31. The third-order valence-electron chi connectivity index (χ3n) is 12.0. The van der Waals surface area contributed by atoms with E-state index in [4.69, 9.17) is 28.4 Å². The summed E-state index contributed by atoms with van der Waals surface area (Å²) in [6.07, 6.45) is 24.3. The highest BCUT2D eigenvalue weighted by molar-refractivity contribution is 5.82. The molecule has 0 fully saturated rings. The number of ether oxygens (including phenoxy) is 6. The molecule has 0 heterocycles. The van der Waals surface area contributed by atoms with Gasteiger partial charge in [0.1, 0.15) is 5.76 Å². The number of esters is 5. The van der Waals surface area contributed by atoms with Crippen LogP contribution in [0.25, 0.3) is 0 Å². The van der Waals surface area contributed by atoms with Gasteiger partial charge in [-0.3, -0.25) is 28.8 Å². The first kappa shape index (κ1) is 66.1. The summed E-state index contributed by atoms with van der Waals surface area (Å²) < 4.78 is 34.3. The fourth-order valence-corrected chi connectivity index (χ4v) is 7.66. The van der Waals surface area contributed by atoms with E-state index in [0.29, 0.717) is 97.1 Å². The van der Waals surface area contributed by atoms with Crippen LogP contribution < -0.4 is 5.32 Å². The van der Waals surface area contributed by atoms with Gasteiger partial charge < -0.3 is 38.6 Å². The molecule has 0 aromatic carbocycles. The van der Waals surface area contributed by atoms with Crippen molar-refractivity contribution in [1.82, 2.24) is 10.2 Å². The number of hydrogen-bond donors (Lipinski definition) is 1. The Morgan fingerprint density at radius 1 is 0.414 bits per heavy atom. The van der Waals surface area contributed by atoms with Crippen LogP contribution in [-0.4, -0.2) is 106 Å². The lowest BCUT2D eigenvalue weighted by Crippen LogP contribution is -2.41. The lowest BCUT2D eigenvalue weighted by atomic mass is 9.87. The van der Waals surface area contributed by atoms with E-state index >= 15 is 0 Å². The molecule has 0 saturated carbocycles. The van der Waals surface area contributed by atoms with Gasteiger partial charge in [-0.05, 0) is 91.1 Å². The summed E-state index contributed by atoms with van der Waals surface area (Å²) in [6.45, 7) is 17.4. The van der Waals surface area contributed by atoms with Gasteiger partial charge in [-0.1, -0.05) is 129 Å². The predicted octanol–water partition coefficient (Wildman–Crippen LogP) is 12.1. The van der Waals surface area contributed by atoms with Crippen molar-refractivity contribution in [2.45, 2.75) is 238 Å². The lowest BCUT2D eigenvalue weighted by molar-refractivity contribution is -0.167. The fraction of sp³-hybridized carbons (Fsp3) is 0.821. The highest BCUT2D eigenvalue weighted by Gasteiger charge is 2.43. The van der Waals surface area contributed by atoms with Crippen LogP contribution >= 0.6 is 0 Å². The molecule has 14 heteroatoms. The SMILES string of the molecule is C=C(CCCCCCOC(=O)CCCCCCC)CC(CC(=O)OCCCCCOC(=O)CCCCCCC)(OC(=O)CCC(=O)NCCN(C)C)C(=C)OCCCCCOC(=O)CCCCCCC. The molecule has 1 atom stereocenters. The van der Waals surface area contributed by atoms with Crippen molar-refractivity contribution in [2.75, 3.05) is 60.2 Å². The second kappa shape index (κ2) is 46.2. The Hall–Kier alpha value is -3.94. The average molecular weight is 993 g/mol. The summed E-state index contributed by atoms with van der Waals surface area (Å²) in [4.78, 5) is 78.3. The van der Waals surface area contributed by atoms with Crippen molar-refractivity contribution < 1.29 is 57.2 Å². The van der Waals surface area contributed by atoms with Gasteiger partial charge in [-0.2, -0.15) is 0 Å². The van der Waals surface area contributed by atoms with Crippen LogP contribution in [0.5, 0.6) is 0 Å². The van der Waals surface area contributed by atoms with E-state index in [1.54, 1.807) is 0 Å². The zero-order chi connectivity index (χ0) is 51.9. The summed E-state index contributed by atoms with van der Waals surface area (Å²) in [7, 11) is 3.80. The van der Waals surface area contributed by atoms with E-state index in [1.807, 2.05) is 19.0 Å². The Morgan fingerprint density at radius 2 is 0.786 bits per heavy atom. The number of likely N-dealkylation sites (N-methyl/N-ethyl adjacent to an activating group) is 1. The number of nitrogens with zero attached hydrogens (tertiary/aromatic N) is 1. The van der Waals surface area contributed by atoms with Crippen molar-refractivity contribution in [3.8, 4) is 0 Å². The van der Waals surface area contributed by atoms with Gasteiger partial charge in [0, 0.05) is 45.2 Å². The minimum absolute atomic E-state index is 0.0515. The van der Waals surface area contributed by atoms with Gasteiger partial charge in [-0.15, -0.1) is 0 Å². The molecule has 0 aliphatic carbocycles. The van der Waals surface area contributed by atoms with E-state index in [2.05, 4.69) is 39.2 Å². The summed E-state index contributed by atoms with van der Waals surface area (Å²) in [5.41, 5.74) is -0.932. The predicted molar refractivity (Wildman–Crippen MR) is 278 cm³/mol. The van der Waals surface area contributed by atoms with E-state index in [9.17, 15) is 28.8 Å². The standard InChI is InChI=1S/C56H100N2O12/c1-8-11-14-17-25-34-51(60)66-42-28-21-20-24-33-48(4)46-56(70-54(63)38-37-50(59)57-39-40-58(6)7,49(5)65-41-29-22-30-43-67-52(61)35-26-18-15-12-9-2)47-55(64)69-45-32-23-31-44-68-53(62)36-27-19-16-13-10-3/h4-5,8-47H2,1-3,6-7H3,(H,57,59). The summed E-state index contributed by atoms with van der Waals surface area (Å²) in [6, 6.07) is 0. The zero-order valence-corrected chi connectivity index (χ0v) is 45.0.